The molecule has 0 heterocycles. The molecule has 0 aliphatic rings. The van der Waals surface area contributed by atoms with E-state index in [-0.39, 0.29) is 29.4 Å². The topological polar surface area (TPSA) is 54.4 Å². The summed E-state index contributed by atoms with van der Waals surface area (Å²) in [4.78, 5) is 0. The molecule has 0 radical (unpaired) electrons. The van der Waals surface area contributed by atoms with Gasteiger partial charge in [-0.25, -0.2) is 8.42 Å². The molecule has 0 aliphatic heterocycles. The lowest BCUT2D eigenvalue weighted by molar-refractivity contribution is 0.249. The van der Waals surface area contributed by atoms with Gasteiger partial charge < -0.3 is 5.11 Å². The van der Waals surface area contributed by atoms with Crippen LogP contribution in [0.15, 0.2) is 24.3 Å². The molecule has 0 saturated carbocycles. The molecule has 0 aliphatic carbocycles. The molecule has 0 aromatic heterocycles. The van der Waals surface area contributed by atoms with Crippen molar-refractivity contribution in [1.82, 2.24) is 0 Å². The molecule has 1 rings (SSSR count). The van der Waals surface area contributed by atoms with Gasteiger partial charge in [-0.2, -0.15) is 0 Å². The highest BCUT2D eigenvalue weighted by Gasteiger charge is 2.17. The number of rotatable bonds is 5. The van der Waals surface area contributed by atoms with Gasteiger partial charge in [-0.15, -0.1) is 0 Å². The molecule has 1 aromatic carbocycles. The first kappa shape index (κ1) is 16.2. The number of aliphatic hydroxyl groups is 1. The van der Waals surface area contributed by atoms with Crippen molar-refractivity contribution in [3.8, 4) is 0 Å². The van der Waals surface area contributed by atoms with Crippen LogP contribution >= 0.6 is 0 Å². The summed E-state index contributed by atoms with van der Waals surface area (Å²) in [6, 6.07) is 7.73. The Morgan fingerprint density at radius 2 is 1.68 bits per heavy atom. The first-order valence-corrected chi connectivity index (χ1v) is 8.37. The van der Waals surface area contributed by atoms with Crippen molar-refractivity contribution in [3.05, 3.63) is 35.4 Å². The Kier molecular flexibility index (Phi) is 5.16. The summed E-state index contributed by atoms with van der Waals surface area (Å²) in [7, 11) is -3.15. The number of hydrogen-bond donors (Lipinski definition) is 1. The molecule has 0 fully saturated rings. The molecule has 0 bridgehead atoms. The maximum absolute atomic E-state index is 11.9. The van der Waals surface area contributed by atoms with Gasteiger partial charge >= 0.3 is 0 Å². The second-order valence-electron chi connectivity index (χ2n) is 6.29. The normalized spacial score (nSPS) is 14.4. The van der Waals surface area contributed by atoms with Crippen LogP contribution in [0.3, 0.4) is 0 Å². The summed E-state index contributed by atoms with van der Waals surface area (Å²) in [5.74, 6) is -0.134. The Morgan fingerprint density at radius 1 is 1.16 bits per heavy atom. The predicted octanol–water partition coefficient (Wildman–Crippen LogP) is 2.53. The molecule has 1 unspecified atom stereocenters. The second-order valence-corrected chi connectivity index (χ2v) is 8.40. The third-order valence-corrected chi connectivity index (χ3v) is 4.91. The van der Waals surface area contributed by atoms with Gasteiger partial charge in [0.25, 0.3) is 0 Å². The Balaban J connectivity index is 2.78. The highest BCUT2D eigenvalue weighted by Crippen LogP contribution is 2.22. The van der Waals surface area contributed by atoms with E-state index >= 15 is 0 Å². The van der Waals surface area contributed by atoms with Crippen LogP contribution in [0.1, 0.15) is 38.8 Å². The van der Waals surface area contributed by atoms with E-state index in [9.17, 15) is 8.42 Å². The quantitative estimate of drug-likeness (QED) is 0.904. The van der Waals surface area contributed by atoms with Crippen molar-refractivity contribution in [2.24, 2.45) is 5.92 Å². The standard InChI is InChI=1S/C15H24O3S/c1-12(9-16)10-19(17,18)11-13-5-7-14(8-6-13)15(2,3)4/h5-8,12,16H,9-11H2,1-4H3. The first-order chi connectivity index (χ1) is 8.64. The third kappa shape index (κ3) is 5.33. The van der Waals surface area contributed by atoms with Crippen molar-refractivity contribution < 1.29 is 13.5 Å². The third-order valence-electron chi connectivity index (χ3n) is 3.06. The highest BCUT2D eigenvalue weighted by atomic mass is 32.2. The van der Waals surface area contributed by atoms with E-state index in [4.69, 9.17) is 5.11 Å². The number of sulfone groups is 1. The summed E-state index contributed by atoms with van der Waals surface area (Å²) in [5, 5.41) is 8.93. The van der Waals surface area contributed by atoms with Crippen molar-refractivity contribution in [3.63, 3.8) is 0 Å². The van der Waals surface area contributed by atoms with Gasteiger partial charge in [0.2, 0.25) is 0 Å². The highest BCUT2D eigenvalue weighted by molar-refractivity contribution is 7.90. The van der Waals surface area contributed by atoms with Gasteiger partial charge in [-0.05, 0) is 22.5 Å². The number of aliphatic hydroxyl groups excluding tert-OH is 1. The average molecular weight is 284 g/mol. The van der Waals surface area contributed by atoms with E-state index < -0.39 is 9.84 Å². The van der Waals surface area contributed by atoms with Crippen LogP contribution in [-0.2, 0) is 21.0 Å². The van der Waals surface area contributed by atoms with E-state index in [2.05, 4.69) is 20.8 Å². The van der Waals surface area contributed by atoms with E-state index in [0.29, 0.717) is 0 Å². The minimum absolute atomic E-state index is 0.0323. The Labute approximate surface area is 116 Å². The zero-order valence-electron chi connectivity index (χ0n) is 12.2. The molecule has 19 heavy (non-hydrogen) atoms. The smallest absolute Gasteiger partial charge is 0.154 e. The maximum Gasteiger partial charge on any atom is 0.154 e. The Hall–Kier alpha value is -0.870. The van der Waals surface area contributed by atoms with Gasteiger partial charge in [0.15, 0.2) is 9.84 Å². The van der Waals surface area contributed by atoms with Gasteiger partial charge in [0.05, 0.1) is 11.5 Å². The van der Waals surface area contributed by atoms with Crippen LogP contribution in [-0.4, -0.2) is 25.9 Å². The Bertz CT molecular complexity index is 495. The minimum Gasteiger partial charge on any atom is -0.396 e. The number of hydrogen-bond acceptors (Lipinski definition) is 3. The summed E-state index contributed by atoms with van der Waals surface area (Å²) >= 11 is 0. The molecule has 1 aromatic rings. The average Bonchev–Trinajstić information content (AvgIpc) is 2.27. The lowest BCUT2D eigenvalue weighted by Crippen LogP contribution is -2.18. The summed E-state index contributed by atoms with van der Waals surface area (Å²) in [5.41, 5.74) is 2.07. The minimum atomic E-state index is -3.15. The lowest BCUT2D eigenvalue weighted by Gasteiger charge is -2.19. The van der Waals surface area contributed by atoms with E-state index in [0.717, 1.165) is 5.56 Å². The predicted molar refractivity (Wildman–Crippen MR) is 78.9 cm³/mol. The molecule has 4 heteroatoms. The fourth-order valence-corrected chi connectivity index (χ4v) is 3.69. The SMILES string of the molecule is CC(CO)CS(=O)(=O)Cc1ccc(C(C)(C)C)cc1. The number of benzene rings is 1. The van der Waals surface area contributed by atoms with Crippen LogP contribution in [0, 0.1) is 5.92 Å². The van der Waals surface area contributed by atoms with Crippen molar-refractivity contribution in [1.29, 1.82) is 0 Å². The Morgan fingerprint density at radius 3 is 2.11 bits per heavy atom. The van der Waals surface area contributed by atoms with Crippen LogP contribution in [0.2, 0.25) is 0 Å². The van der Waals surface area contributed by atoms with E-state index in [1.54, 1.807) is 6.92 Å². The molecule has 3 nitrogen and oxygen atoms in total. The van der Waals surface area contributed by atoms with Crippen molar-refractivity contribution >= 4 is 9.84 Å². The van der Waals surface area contributed by atoms with Crippen LogP contribution < -0.4 is 0 Å². The van der Waals surface area contributed by atoms with Crippen LogP contribution in [0.5, 0.6) is 0 Å². The fourth-order valence-electron chi connectivity index (χ4n) is 1.90. The zero-order valence-corrected chi connectivity index (χ0v) is 13.0. The molecule has 108 valence electrons. The van der Waals surface area contributed by atoms with Crippen LogP contribution in [0.4, 0.5) is 0 Å². The fraction of sp³-hybridized carbons (Fsp3) is 0.600. The molecule has 0 amide bonds. The molecule has 1 atom stereocenters. The molecule has 0 saturated heterocycles. The molecule has 1 N–H and O–H groups in total. The summed E-state index contributed by atoms with van der Waals surface area (Å²) < 4.78 is 23.9. The maximum atomic E-state index is 11.9. The van der Waals surface area contributed by atoms with Gasteiger partial charge in [0.1, 0.15) is 0 Å². The molecular formula is C15H24O3S. The zero-order chi connectivity index (χ0) is 14.7. The monoisotopic (exact) mass is 284 g/mol. The van der Waals surface area contributed by atoms with Gasteiger partial charge in [0, 0.05) is 6.61 Å². The summed E-state index contributed by atoms with van der Waals surface area (Å²) in [6.45, 7) is 8.02. The lowest BCUT2D eigenvalue weighted by atomic mass is 9.87. The molecule has 0 spiro atoms. The van der Waals surface area contributed by atoms with E-state index in [1.807, 2.05) is 24.3 Å². The van der Waals surface area contributed by atoms with E-state index in [1.165, 1.54) is 5.56 Å². The van der Waals surface area contributed by atoms with Gasteiger partial charge in [-0.1, -0.05) is 52.0 Å². The second kappa shape index (κ2) is 6.06. The first-order valence-electron chi connectivity index (χ1n) is 6.55. The van der Waals surface area contributed by atoms with Crippen molar-refractivity contribution in [2.45, 2.75) is 38.9 Å². The molecular weight excluding hydrogens is 260 g/mol. The van der Waals surface area contributed by atoms with Gasteiger partial charge in [-0.3, -0.25) is 0 Å². The largest absolute Gasteiger partial charge is 0.396 e. The van der Waals surface area contributed by atoms with Crippen molar-refractivity contribution in [2.75, 3.05) is 12.4 Å². The summed E-state index contributed by atoms with van der Waals surface area (Å²) in [6.07, 6.45) is 0. The van der Waals surface area contributed by atoms with Crippen LogP contribution in [0.25, 0.3) is 0 Å².